The Morgan fingerprint density at radius 1 is 1.36 bits per heavy atom. The van der Waals surface area contributed by atoms with Crippen molar-refractivity contribution in [3.8, 4) is 0 Å². The monoisotopic (exact) mass is 219 g/mol. The van der Waals surface area contributed by atoms with Crippen LogP contribution in [0.2, 0.25) is 0 Å². The lowest BCUT2D eigenvalue weighted by atomic mass is 10.2. The first-order valence-corrected chi connectivity index (χ1v) is 7.03. The Balaban J connectivity index is 1.71. The van der Waals surface area contributed by atoms with Gasteiger partial charge in [0.05, 0.1) is 17.6 Å². The van der Waals surface area contributed by atoms with Gasteiger partial charge in [0.25, 0.3) is 0 Å². The fourth-order valence-electron chi connectivity index (χ4n) is 2.06. The summed E-state index contributed by atoms with van der Waals surface area (Å²) in [6.45, 7) is 1.66. The van der Waals surface area contributed by atoms with Crippen LogP contribution in [0.15, 0.2) is 0 Å². The molecular weight excluding hydrogens is 202 g/mol. The average Bonchev–Trinajstić information content (AvgIpc) is 2.70. The molecule has 2 aliphatic heterocycles. The summed E-state index contributed by atoms with van der Waals surface area (Å²) in [5.41, 5.74) is 0. The quantitative estimate of drug-likeness (QED) is 0.722. The summed E-state index contributed by atoms with van der Waals surface area (Å²) in [5.74, 6) is 0.649. The van der Waals surface area contributed by atoms with Gasteiger partial charge in [-0.05, 0) is 19.3 Å². The van der Waals surface area contributed by atoms with Crippen molar-refractivity contribution in [3.63, 3.8) is 0 Å². The van der Waals surface area contributed by atoms with Crippen molar-refractivity contribution in [2.75, 3.05) is 24.7 Å². The van der Waals surface area contributed by atoms with Gasteiger partial charge in [-0.15, -0.1) is 0 Å². The zero-order valence-corrected chi connectivity index (χ0v) is 9.05. The number of hydrogen-bond acceptors (Lipinski definition) is 4. The predicted octanol–water partition coefficient (Wildman–Crippen LogP) is -0.0579. The van der Waals surface area contributed by atoms with Crippen LogP contribution in [-0.2, 0) is 14.6 Å². The van der Waals surface area contributed by atoms with E-state index in [9.17, 15) is 8.42 Å². The second kappa shape index (κ2) is 4.16. The van der Waals surface area contributed by atoms with Crippen molar-refractivity contribution < 1.29 is 13.2 Å². The summed E-state index contributed by atoms with van der Waals surface area (Å²) < 4.78 is 27.8. The molecule has 0 aromatic rings. The molecule has 0 spiro atoms. The second-order valence-electron chi connectivity index (χ2n) is 4.14. The van der Waals surface area contributed by atoms with Crippen LogP contribution in [0, 0.1) is 0 Å². The summed E-state index contributed by atoms with van der Waals surface area (Å²) in [5, 5.41) is 3.27. The van der Waals surface area contributed by atoms with Gasteiger partial charge in [-0.25, -0.2) is 8.42 Å². The minimum absolute atomic E-state index is 0.157. The van der Waals surface area contributed by atoms with E-state index in [-0.39, 0.29) is 6.04 Å². The molecule has 0 aromatic heterocycles. The van der Waals surface area contributed by atoms with Crippen LogP contribution < -0.4 is 5.32 Å². The highest BCUT2D eigenvalue weighted by Crippen LogP contribution is 2.14. The van der Waals surface area contributed by atoms with E-state index >= 15 is 0 Å². The predicted molar refractivity (Wildman–Crippen MR) is 54.0 cm³/mol. The maximum absolute atomic E-state index is 11.2. The van der Waals surface area contributed by atoms with Crippen molar-refractivity contribution in [1.29, 1.82) is 0 Å². The van der Waals surface area contributed by atoms with E-state index in [1.807, 2.05) is 0 Å². The van der Waals surface area contributed by atoms with Crippen LogP contribution in [0.1, 0.15) is 19.3 Å². The Morgan fingerprint density at radius 2 is 2.21 bits per heavy atom. The highest BCUT2D eigenvalue weighted by Gasteiger charge is 2.28. The summed E-state index contributed by atoms with van der Waals surface area (Å²) >= 11 is 0. The van der Waals surface area contributed by atoms with Crippen LogP contribution in [0.5, 0.6) is 0 Å². The van der Waals surface area contributed by atoms with Gasteiger partial charge in [-0.2, -0.15) is 0 Å². The van der Waals surface area contributed by atoms with E-state index < -0.39 is 9.84 Å². The number of ether oxygens (including phenoxy) is 1. The summed E-state index contributed by atoms with van der Waals surface area (Å²) in [7, 11) is -2.74. The van der Waals surface area contributed by atoms with Gasteiger partial charge in [0.15, 0.2) is 9.84 Å². The van der Waals surface area contributed by atoms with Gasteiger partial charge >= 0.3 is 0 Å². The van der Waals surface area contributed by atoms with Crippen molar-refractivity contribution in [3.05, 3.63) is 0 Å². The van der Waals surface area contributed by atoms with Crippen LogP contribution in [0.3, 0.4) is 0 Å². The van der Waals surface area contributed by atoms with Crippen molar-refractivity contribution in [2.45, 2.75) is 31.4 Å². The highest BCUT2D eigenvalue weighted by molar-refractivity contribution is 7.91. The normalized spacial score (nSPS) is 36.3. The molecule has 2 aliphatic rings. The molecule has 0 saturated carbocycles. The minimum atomic E-state index is -2.74. The SMILES string of the molecule is O=S1(=O)CC[C@@H](NC[C@H]2CCCO2)C1. The molecule has 0 unspecified atom stereocenters. The largest absolute Gasteiger partial charge is 0.377 e. The standard InChI is InChI=1S/C9H17NO3S/c11-14(12)5-3-8(7-14)10-6-9-2-1-4-13-9/h8-10H,1-7H2/t8-,9-/m1/s1. The number of sulfone groups is 1. The molecule has 2 rings (SSSR count). The van der Waals surface area contributed by atoms with Gasteiger partial charge in [0.2, 0.25) is 0 Å². The van der Waals surface area contributed by atoms with E-state index in [4.69, 9.17) is 4.74 Å². The molecule has 82 valence electrons. The second-order valence-corrected chi connectivity index (χ2v) is 6.37. The van der Waals surface area contributed by atoms with E-state index in [0.29, 0.717) is 17.6 Å². The Bertz CT molecular complexity index is 282. The molecule has 0 aromatic carbocycles. The molecule has 5 heteroatoms. The zero-order valence-electron chi connectivity index (χ0n) is 8.24. The van der Waals surface area contributed by atoms with Gasteiger partial charge in [-0.3, -0.25) is 0 Å². The summed E-state index contributed by atoms with van der Waals surface area (Å²) in [6, 6.07) is 0.157. The minimum Gasteiger partial charge on any atom is -0.377 e. The van der Waals surface area contributed by atoms with Crippen LogP contribution in [0.25, 0.3) is 0 Å². The molecule has 0 amide bonds. The molecule has 2 saturated heterocycles. The lowest BCUT2D eigenvalue weighted by Gasteiger charge is -2.14. The van der Waals surface area contributed by atoms with Crippen molar-refractivity contribution in [2.24, 2.45) is 0 Å². The first kappa shape index (κ1) is 10.4. The van der Waals surface area contributed by atoms with Gasteiger partial charge in [0.1, 0.15) is 0 Å². The third-order valence-electron chi connectivity index (χ3n) is 2.89. The molecule has 2 atom stereocenters. The van der Waals surface area contributed by atoms with Gasteiger partial charge in [0, 0.05) is 19.2 Å². The molecule has 2 fully saturated rings. The summed E-state index contributed by atoms with van der Waals surface area (Å²) in [4.78, 5) is 0. The van der Waals surface area contributed by atoms with E-state index in [1.54, 1.807) is 0 Å². The average molecular weight is 219 g/mol. The molecule has 0 bridgehead atoms. The first-order valence-electron chi connectivity index (χ1n) is 5.21. The van der Waals surface area contributed by atoms with Crippen LogP contribution in [0.4, 0.5) is 0 Å². The fourth-order valence-corrected chi connectivity index (χ4v) is 3.77. The molecule has 4 nitrogen and oxygen atoms in total. The van der Waals surface area contributed by atoms with Crippen LogP contribution in [-0.4, -0.2) is 45.2 Å². The van der Waals surface area contributed by atoms with Crippen LogP contribution >= 0.6 is 0 Å². The lowest BCUT2D eigenvalue weighted by molar-refractivity contribution is 0.108. The number of hydrogen-bond donors (Lipinski definition) is 1. The molecule has 1 N–H and O–H groups in total. The molecule has 0 radical (unpaired) electrons. The van der Waals surface area contributed by atoms with Crippen molar-refractivity contribution >= 4 is 9.84 Å². The Kier molecular flexibility index (Phi) is 3.09. The molecule has 14 heavy (non-hydrogen) atoms. The molecule has 2 heterocycles. The third kappa shape index (κ3) is 2.68. The van der Waals surface area contributed by atoms with Gasteiger partial charge < -0.3 is 10.1 Å². The topological polar surface area (TPSA) is 55.4 Å². The maximum Gasteiger partial charge on any atom is 0.151 e. The zero-order chi connectivity index (χ0) is 10.0. The highest BCUT2D eigenvalue weighted by atomic mass is 32.2. The molecule has 0 aliphatic carbocycles. The Morgan fingerprint density at radius 3 is 2.79 bits per heavy atom. The summed E-state index contributed by atoms with van der Waals surface area (Å²) in [6.07, 6.45) is 3.30. The first-order chi connectivity index (χ1) is 6.66. The fraction of sp³-hybridized carbons (Fsp3) is 1.00. The number of rotatable bonds is 3. The van der Waals surface area contributed by atoms with E-state index in [1.165, 1.54) is 0 Å². The van der Waals surface area contributed by atoms with E-state index in [2.05, 4.69) is 5.32 Å². The Hall–Kier alpha value is -0.130. The van der Waals surface area contributed by atoms with Crippen molar-refractivity contribution in [1.82, 2.24) is 5.32 Å². The number of nitrogens with one attached hydrogen (secondary N) is 1. The lowest BCUT2D eigenvalue weighted by Crippen LogP contribution is -2.36. The third-order valence-corrected chi connectivity index (χ3v) is 4.66. The maximum atomic E-state index is 11.2. The van der Waals surface area contributed by atoms with E-state index in [0.717, 1.165) is 32.4 Å². The Labute approximate surface area is 84.9 Å². The van der Waals surface area contributed by atoms with Gasteiger partial charge in [-0.1, -0.05) is 0 Å². The smallest absolute Gasteiger partial charge is 0.151 e. The molecular formula is C9H17NO3S.